The number of benzene rings is 7. The molecule has 0 N–H and O–H groups in total. The third kappa shape index (κ3) is 16.0. The third-order valence-electron chi connectivity index (χ3n) is 9.87. The van der Waals surface area contributed by atoms with Gasteiger partial charge in [0.05, 0.1) is 28.5 Å². The number of nitrogens with zero attached hydrogens (tertiary/aromatic N) is 2. The van der Waals surface area contributed by atoms with E-state index in [1.54, 1.807) is 0 Å². The van der Waals surface area contributed by atoms with Crippen molar-refractivity contribution in [3.63, 3.8) is 0 Å². The molecule has 0 aliphatic heterocycles. The number of hydrogen-bond donors (Lipinski definition) is 0. The van der Waals surface area contributed by atoms with E-state index in [0.717, 1.165) is 39.3 Å². The summed E-state index contributed by atoms with van der Waals surface area (Å²) < 4.78 is 14.0. The van der Waals surface area contributed by atoms with Crippen LogP contribution in [-0.4, -0.2) is 35.1 Å². The van der Waals surface area contributed by atoms with Crippen LogP contribution in [0.3, 0.4) is 0 Å². The van der Waals surface area contributed by atoms with Crippen molar-refractivity contribution in [2.75, 3.05) is 13.1 Å². The van der Waals surface area contributed by atoms with Gasteiger partial charge >= 0.3 is 35.0 Å². The van der Waals surface area contributed by atoms with Gasteiger partial charge in [0, 0.05) is 60.5 Å². The van der Waals surface area contributed by atoms with Gasteiger partial charge in [-0.2, -0.15) is 0 Å². The van der Waals surface area contributed by atoms with Gasteiger partial charge < -0.3 is 9.05 Å². The van der Waals surface area contributed by atoms with Crippen molar-refractivity contribution in [3.05, 3.63) is 229 Å². The summed E-state index contributed by atoms with van der Waals surface area (Å²) in [6.07, 6.45) is 0.0250. The number of halogens is 2. The summed E-state index contributed by atoms with van der Waals surface area (Å²) in [5, 5.41) is 4.92. The van der Waals surface area contributed by atoms with Gasteiger partial charge in [-0.1, -0.05) is 206 Å². The van der Waals surface area contributed by atoms with Crippen molar-refractivity contribution < 1.29 is 25.0 Å². The molecule has 0 radical (unpaired) electrons. The Morgan fingerprint density at radius 2 is 0.639 bits per heavy atom. The zero-order chi connectivity index (χ0) is 42.5. The fraction of sp³-hybridized carbons (Fsp3) is 0.192. The van der Waals surface area contributed by atoms with E-state index in [2.05, 4.69) is 230 Å². The van der Waals surface area contributed by atoms with Gasteiger partial charge in [0.15, 0.2) is 0 Å². The van der Waals surface area contributed by atoms with E-state index in [-0.39, 0.29) is 28.1 Å². The molecule has 0 saturated heterocycles. The van der Waals surface area contributed by atoms with Gasteiger partial charge in [-0.05, 0) is 36.1 Å². The molecule has 7 aromatic carbocycles. The van der Waals surface area contributed by atoms with Crippen LogP contribution in [0.2, 0.25) is 0 Å². The Hall–Kier alpha value is -3.52. The molecule has 7 aromatic rings. The molecule has 0 heterocycles. The summed E-state index contributed by atoms with van der Waals surface area (Å²) >= 11 is -0.106. The summed E-state index contributed by atoms with van der Waals surface area (Å²) in [4.78, 5) is 5.07. The van der Waals surface area contributed by atoms with Crippen molar-refractivity contribution in [1.82, 2.24) is 9.80 Å². The van der Waals surface area contributed by atoms with Gasteiger partial charge in [0.25, 0.3) is 0 Å². The molecule has 0 bridgehead atoms. The van der Waals surface area contributed by atoms with Crippen LogP contribution in [0.1, 0.15) is 36.1 Å². The molecular weight excluding hydrogens is 924 g/mol. The van der Waals surface area contributed by atoms with Crippen LogP contribution >= 0.6 is 35.4 Å². The molecule has 0 aliphatic rings. The Bertz CT molecular complexity index is 2000. The van der Waals surface area contributed by atoms with Gasteiger partial charge in [-0.15, -0.1) is 0 Å². The van der Waals surface area contributed by atoms with E-state index in [9.17, 15) is 0 Å². The first-order chi connectivity index (χ1) is 30.0. The molecule has 9 heteroatoms. The third-order valence-corrected chi connectivity index (χ3v) is 14.1. The van der Waals surface area contributed by atoms with Crippen molar-refractivity contribution >= 4 is 56.6 Å². The average molecular weight is 978 g/mol. The van der Waals surface area contributed by atoms with E-state index in [1.807, 2.05) is 0 Å². The normalized spacial score (nSPS) is 12.4. The van der Waals surface area contributed by atoms with Crippen LogP contribution in [0.5, 0.6) is 0 Å². The minimum atomic E-state index is -0.957. The van der Waals surface area contributed by atoms with Gasteiger partial charge in [0.1, 0.15) is 0 Å². The maximum atomic E-state index is 6.99. The minimum absolute atomic E-state index is 0.0125. The van der Waals surface area contributed by atoms with Crippen molar-refractivity contribution in [2.45, 2.75) is 52.2 Å². The van der Waals surface area contributed by atoms with Gasteiger partial charge in [0.2, 0.25) is 0 Å². The molecule has 0 fully saturated rings. The van der Waals surface area contributed by atoms with E-state index in [4.69, 9.17) is 28.1 Å². The first-order valence-corrected chi connectivity index (χ1v) is 27.1. The average Bonchev–Trinajstić information content (AvgIpc) is 3.29. The van der Waals surface area contributed by atoms with Crippen LogP contribution in [0.25, 0.3) is 0 Å². The molecule has 0 aromatic heterocycles. The maximum absolute atomic E-state index is 6.99. The second-order valence-corrected chi connectivity index (χ2v) is 21.0. The summed E-state index contributed by atoms with van der Waals surface area (Å²) in [5.74, 6) is 0. The number of rotatable bonds is 20. The van der Waals surface area contributed by atoms with E-state index in [0.29, 0.717) is 0 Å². The van der Waals surface area contributed by atoms with Crippen LogP contribution in [-0.2, 0) is 51.2 Å². The molecule has 0 aliphatic carbocycles. The zero-order valence-electron chi connectivity index (χ0n) is 34.7. The molecule has 4 nitrogen and oxygen atoms in total. The molecule has 2 atom stereocenters. The monoisotopic (exact) mass is 976 g/mol. The Morgan fingerprint density at radius 3 is 0.934 bits per heavy atom. The summed E-state index contributed by atoms with van der Waals surface area (Å²) in [7, 11) is 7.71. The molecular formula is C52H54Cl2N2O2P2Pd. The van der Waals surface area contributed by atoms with Crippen molar-refractivity contribution in [1.29, 1.82) is 0 Å². The summed E-state index contributed by atoms with van der Waals surface area (Å²) in [6.45, 7) is 9.38. The van der Waals surface area contributed by atoms with Gasteiger partial charge in [-0.25, -0.2) is 0 Å². The van der Waals surface area contributed by atoms with Gasteiger partial charge in [-0.3, -0.25) is 9.80 Å². The quantitative estimate of drug-likeness (QED) is 0.0561. The summed E-state index contributed by atoms with van der Waals surface area (Å²) in [5.41, 5.74) is 5.20. The fourth-order valence-electron chi connectivity index (χ4n) is 7.34. The predicted molar refractivity (Wildman–Crippen MR) is 258 cm³/mol. The van der Waals surface area contributed by atoms with Crippen LogP contribution in [0.15, 0.2) is 206 Å². The Labute approximate surface area is 382 Å². The predicted octanol–water partition coefficient (Wildman–Crippen LogP) is 12.0. The van der Waals surface area contributed by atoms with Crippen LogP contribution in [0, 0.1) is 0 Å². The van der Waals surface area contributed by atoms with Crippen LogP contribution < -0.4 is 21.2 Å². The Kier molecular flexibility index (Phi) is 20.2. The standard InChI is InChI=1S/C52H54N2O2P2.2ClH.Pd/c1-43(55-57(49-28-13-5-14-29-49)50-30-15-6-16-31-50)37-53(39-45-22-9-3-10-23-45)41-47-26-21-27-48(36-47)42-54(40-46-24-11-4-12-25-46)38-44(2)56-58(51-32-17-7-18-33-51)52-34-19-8-20-35-52;;;/h3-36,43-44H,37-42H2,1-2H3;2*1H;/q;;;+2/p-2/t43-,44-;;;/m1.../s1. The first-order valence-electron chi connectivity index (χ1n) is 20.5. The molecule has 0 saturated carbocycles. The Balaban J connectivity index is 0.00000201. The topological polar surface area (TPSA) is 24.9 Å². The molecule has 61 heavy (non-hydrogen) atoms. The van der Waals surface area contributed by atoms with E-state index < -0.39 is 16.3 Å². The van der Waals surface area contributed by atoms with Crippen molar-refractivity contribution in [3.8, 4) is 0 Å². The SMILES string of the molecule is C[C@H](CN(Cc1ccccc1)Cc1cccc(CN(Cc2ccccc2)C[C@@H](C)OP(c2ccccc2)c2ccccc2)c1)OP(c1ccccc1)c1ccccc1.[Cl][Pd][Cl]. The van der Waals surface area contributed by atoms with E-state index >= 15 is 0 Å². The molecule has 0 amide bonds. The van der Waals surface area contributed by atoms with Crippen LogP contribution in [0.4, 0.5) is 0 Å². The molecule has 7 rings (SSSR count). The second-order valence-electron chi connectivity index (χ2n) is 14.9. The molecule has 318 valence electrons. The van der Waals surface area contributed by atoms with Crippen molar-refractivity contribution in [2.24, 2.45) is 0 Å². The molecule has 0 spiro atoms. The van der Waals surface area contributed by atoms with E-state index in [1.165, 1.54) is 43.5 Å². The fourth-order valence-corrected chi connectivity index (χ4v) is 11.1. The Morgan fingerprint density at radius 1 is 0.393 bits per heavy atom. The summed E-state index contributed by atoms with van der Waals surface area (Å²) in [6, 6.07) is 73.5. The second kappa shape index (κ2) is 26.2. The first kappa shape index (κ1) is 47.0. The zero-order valence-corrected chi connectivity index (χ0v) is 39.6. The number of hydrogen-bond acceptors (Lipinski definition) is 4. The molecule has 0 unspecified atom stereocenters.